The Morgan fingerprint density at radius 3 is 2.88 bits per heavy atom. The summed E-state index contributed by atoms with van der Waals surface area (Å²) in [5, 5.41) is 0.898. The molecule has 1 aliphatic rings. The first-order valence-electron chi connectivity index (χ1n) is 8.11. The van der Waals surface area contributed by atoms with Crippen LogP contribution >= 0.6 is 0 Å². The highest BCUT2D eigenvalue weighted by atomic mass is 19.1. The second kappa shape index (κ2) is 6.51. The standard InChI is InChI=1S/C18H16FN3O3/c19-13-9-20-18(21-10-13)24-14-5-3-7-22(11-14)17(23)16-8-12-4-1-2-6-15(12)25-16/h1-2,4,6,8-10,14H,3,5,7,11H2/t14-/m1/s1. The molecule has 1 atom stereocenters. The molecule has 6 nitrogen and oxygen atoms in total. The van der Waals surface area contributed by atoms with Gasteiger partial charge in [-0.05, 0) is 25.0 Å². The molecule has 128 valence electrons. The zero-order valence-corrected chi connectivity index (χ0v) is 13.4. The van der Waals surface area contributed by atoms with Gasteiger partial charge >= 0.3 is 6.01 Å². The molecule has 2 aromatic heterocycles. The Balaban J connectivity index is 1.46. The molecule has 0 radical (unpaired) electrons. The van der Waals surface area contributed by atoms with E-state index in [0.717, 1.165) is 30.6 Å². The summed E-state index contributed by atoms with van der Waals surface area (Å²) in [7, 11) is 0. The van der Waals surface area contributed by atoms with Gasteiger partial charge in [0.25, 0.3) is 5.91 Å². The van der Waals surface area contributed by atoms with Crippen molar-refractivity contribution in [1.29, 1.82) is 0 Å². The molecule has 7 heteroatoms. The van der Waals surface area contributed by atoms with Crippen molar-refractivity contribution in [3.63, 3.8) is 0 Å². The van der Waals surface area contributed by atoms with Crippen LogP contribution < -0.4 is 4.74 Å². The number of rotatable bonds is 3. The summed E-state index contributed by atoms with van der Waals surface area (Å²) in [5.74, 6) is -0.359. The number of carbonyl (C=O) groups is 1. The van der Waals surface area contributed by atoms with Gasteiger partial charge in [0.05, 0.1) is 18.9 Å². The summed E-state index contributed by atoms with van der Waals surface area (Å²) in [6, 6.07) is 9.38. The first kappa shape index (κ1) is 15.6. The number of furan rings is 1. The van der Waals surface area contributed by atoms with Crippen LogP contribution in [0.3, 0.4) is 0 Å². The van der Waals surface area contributed by atoms with E-state index >= 15 is 0 Å². The zero-order valence-electron chi connectivity index (χ0n) is 13.4. The van der Waals surface area contributed by atoms with Gasteiger partial charge < -0.3 is 14.1 Å². The molecule has 3 heterocycles. The van der Waals surface area contributed by atoms with Crippen molar-refractivity contribution in [3.05, 3.63) is 54.3 Å². The van der Waals surface area contributed by atoms with Crippen LogP contribution in [0.5, 0.6) is 6.01 Å². The summed E-state index contributed by atoms with van der Waals surface area (Å²) >= 11 is 0. The minimum absolute atomic E-state index is 0.115. The van der Waals surface area contributed by atoms with Crippen molar-refractivity contribution < 1.29 is 18.3 Å². The summed E-state index contributed by atoms with van der Waals surface area (Å²) in [5.41, 5.74) is 0.690. The number of hydrogen-bond acceptors (Lipinski definition) is 5. The van der Waals surface area contributed by atoms with Gasteiger partial charge in [-0.25, -0.2) is 14.4 Å². The number of halogens is 1. The maximum absolute atomic E-state index is 12.9. The van der Waals surface area contributed by atoms with E-state index in [9.17, 15) is 9.18 Å². The summed E-state index contributed by atoms with van der Waals surface area (Å²) < 4.78 is 24.2. The molecule has 1 aromatic carbocycles. The Hall–Kier alpha value is -2.96. The molecule has 0 spiro atoms. The maximum Gasteiger partial charge on any atom is 0.316 e. The second-order valence-electron chi connectivity index (χ2n) is 5.97. The lowest BCUT2D eigenvalue weighted by molar-refractivity contribution is 0.0490. The van der Waals surface area contributed by atoms with Gasteiger partial charge in [-0.1, -0.05) is 18.2 Å². The molecule has 1 saturated heterocycles. The number of ether oxygens (including phenoxy) is 1. The van der Waals surface area contributed by atoms with Crippen LogP contribution in [0.1, 0.15) is 23.4 Å². The van der Waals surface area contributed by atoms with Crippen molar-refractivity contribution in [2.45, 2.75) is 18.9 Å². The molecule has 3 aromatic rings. The third kappa shape index (κ3) is 3.31. The average molecular weight is 341 g/mol. The Morgan fingerprint density at radius 2 is 2.08 bits per heavy atom. The lowest BCUT2D eigenvalue weighted by atomic mass is 10.1. The van der Waals surface area contributed by atoms with Gasteiger partial charge in [0.1, 0.15) is 11.7 Å². The number of hydrogen-bond donors (Lipinski definition) is 0. The summed E-state index contributed by atoms with van der Waals surface area (Å²) in [6.07, 6.45) is 3.47. The minimum atomic E-state index is -0.516. The quantitative estimate of drug-likeness (QED) is 0.732. The van der Waals surface area contributed by atoms with Crippen LogP contribution in [0.15, 0.2) is 47.1 Å². The van der Waals surface area contributed by atoms with Crippen molar-refractivity contribution >= 4 is 16.9 Å². The van der Waals surface area contributed by atoms with E-state index in [1.54, 1.807) is 11.0 Å². The van der Waals surface area contributed by atoms with Gasteiger partial charge in [-0.2, -0.15) is 0 Å². The van der Waals surface area contributed by atoms with Crippen LogP contribution in [0.2, 0.25) is 0 Å². The lowest BCUT2D eigenvalue weighted by Gasteiger charge is -2.31. The van der Waals surface area contributed by atoms with E-state index in [1.165, 1.54) is 0 Å². The highest BCUT2D eigenvalue weighted by Gasteiger charge is 2.28. The van der Waals surface area contributed by atoms with Crippen LogP contribution in [0, 0.1) is 5.82 Å². The highest BCUT2D eigenvalue weighted by Crippen LogP contribution is 2.22. The maximum atomic E-state index is 12.9. The van der Waals surface area contributed by atoms with Gasteiger partial charge in [0, 0.05) is 11.9 Å². The zero-order chi connectivity index (χ0) is 17.2. The normalized spacial score (nSPS) is 17.6. The Labute approximate surface area is 143 Å². The first-order valence-corrected chi connectivity index (χ1v) is 8.11. The van der Waals surface area contributed by atoms with E-state index in [0.29, 0.717) is 24.4 Å². The van der Waals surface area contributed by atoms with E-state index in [1.807, 2.05) is 24.3 Å². The topological polar surface area (TPSA) is 68.5 Å². The fourth-order valence-corrected chi connectivity index (χ4v) is 2.97. The fourth-order valence-electron chi connectivity index (χ4n) is 2.97. The molecular weight excluding hydrogens is 325 g/mol. The van der Waals surface area contributed by atoms with Gasteiger partial charge in [0.2, 0.25) is 0 Å². The minimum Gasteiger partial charge on any atom is -0.458 e. The van der Waals surface area contributed by atoms with E-state index in [2.05, 4.69) is 9.97 Å². The van der Waals surface area contributed by atoms with Crippen molar-refractivity contribution in [3.8, 4) is 6.01 Å². The number of likely N-dealkylation sites (tertiary alicyclic amines) is 1. The lowest BCUT2D eigenvalue weighted by Crippen LogP contribution is -2.44. The van der Waals surface area contributed by atoms with Gasteiger partial charge in [0.15, 0.2) is 11.6 Å². The number of benzene rings is 1. The van der Waals surface area contributed by atoms with Gasteiger partial charge in [-0.3, -0.25) is 4.79 Å². The van der Waals surface area contributed by atoms with E-state index < -0.39 is 5.82 Å². The van der Waals surface area contributed by atoms with Crippen LogP contribution in [-0.2, 0) is 0 Å². The molecule has 25 heavy (non-hydrogen) atoms. The molecule has 0 unspecified atom stereocenters. The predicted molar refractivity (Wildman–Crippen MR) is 87.8 cm³/mol. The number of nitrogens with zero attached hydrogens (tertiary/aromatic N) is 3. The van der Waals surface area contributed by atoms with Crippen LogP contribution in [-0.4, -0.2) is 40.0 Å². The number of fused-ring (bicyclic) bond motifs is 1. The Bertz CT molecular complexity index is 861. The monoisotopic (exact) mass is 341 g/mol. The number of carbonyl (C=O) groups excluding carboxylic acids is 1. The molecule has 4 rings (SSSR count). The van der Waals surface area contributed by atoms with Crippen molar-refractivity contribution in [1.82, 2.24) is 14.9 Å². The fraction of sp³-hybridized carbons (Fsp3) is 0.278. The Morgan fingerprint density at radius 1 is 1.28 bits per heavy atom. The number of amides is 1. The molecule has 1 aliphatic heterocycles. The van der Waals surface area contributed by atoms with Crippen molar-refractivity contribution in [2.24, 2.45) is 0 Å². The largest absolute Gasteiger partial charge is 0.458 e. The van der Waals surface area contributed by atoms with Crippen molar-refractivity contribution in [2.75, 3.05) is 13.1 Å². The second-order valence-corrected chi connectivity index (χ2v) is 5.97. The molecule has 1 amide bonds. The third-order valence-corrected chi connectivity index (χ3v) is 4.17. The van der Waals surface area contributed by atoms with Crippen LogP contribution in [0.25, 0.3) is 11.0 Å². The molecule has 0 saturated carbocycles. The number of aromatic nitrogens is 2. The predicted octanol–water partition coefficient (Wildman–Crippen LogP) is 3.05. The first-order chi connectivity index (χ1) is 12.2. The third-order valence-electron chi connectivity index (χ3n) is 4.17. The van der Waals surface area contributed by atoms with E-state index in [4.69, 9.17) is 9.15 Å². The molecule has 0 bridgehead atoms. The van der Waals surface area contributed by atoms with Gasteiger partial charge in [-0.15, -0.1) is 0 Å². The Kier molecular flexibility index (Phi) is 4.05. The summed E-state index contributed by atoms with van der Waals surface area (Å²) in [6.45, 7) is 1.05. The number of piperidine rings is 1. The molecule has 0 aliphatic carbocycles. The number of para-hydroxylation sites is 1. The van der Waals surface area contributed by atoms with E-state index in [-0.39, 0.29) is 18.0 Å². The SMILES string of the molecule is O=C(c1cc2ccccc2o1)N1CCC[C@@H](Oc2ncc(F)cn2)C1. The molecule has 1 fully saturated rings. The molecule has 0 N–H and O–H groups in total. The van der Waals surface area contributed by atoms with Crippen LogP contribution in [0.4, 0.5) is 4.39 Å². The average Bonchev–Trinajstić information content (AvgIpc) is 3.07. The smallest absolute Gasteiger partial charge is 0.316 e. The molecular formula is C18H16FN3O3. The summed E-state index contributed by atoms with van der Waals surface area (Å²) in [4.78, 5) is 22.0. The highest BCUT2D eigenvalue weighted by molar-refractivity contribution is 5.96.